The van der Waals surface area contributed by atoms with Gasteiger partial charge in [0.05, 0.1) is 16.6 Å². The van der Waals surface area contributed by atoms with Crippen molar-refractivity contribution in [2.45, 2.75) is 13.1 Å². The Kier molecular flexibility index (Phi) is 4.49. The highest BCUT2D eigenvalue weighted by Gasteiger charge is 2.10. The van der Waals surface area contributed by atoms with Crippen molar-refractivity contribution in [2.75, 3.05) is 0 Å². The second-order valence-corrected chi connectivity index (χ2v) is 6.21. The fourth-order valence-corrected chi connectivity index (χ4v) is 2.67. The van der Waals surface area contributed by atoms with E-state index in [1.807, 2.05) is 6.07 Å². The number of nitrogens with zero attached hydrogens (tertiary/aromatic N) is 2. The zero-order chi connectivity index (χ0) is 15.7. The number of hydrogen-bond donors (Lipinski definition) is 3. The molecule has 3 aromatic rings. The average Bonchev–Trinajstić information content (AvgIpc) is 2.85. The summed E-state index contributed by atoms with van der Waals surface area (Å²) in [5, 5.41) is 10.8. The van der Waals surface area contributed by atoms with Crippen LogP contribution in [-0.2, 0) is 13.1 Å². The van der Waals surface area contributed by atoms with Gasteiger partial charge in [-0.15, -0.1) is 0 Å². The first-order valence-electron chi connectivity index (χ1n) is 6.32. The molecule has 3 rings (SSSR count). The standard InChI is InChI=1S/C13H10BrCl2N5O/c14-12-10-11(20-21-12)13(22)19-9(18-10)5-17-4-6-1-2-7(15)8(16)3-6/h1-3,17H,4-5H2,(H,20,21)(H,18,19,22). The van der Waals surface area contributed by atoms with Crippen LogP contribution in [0.1, 0.15) is 11.4 Å². The van der Waals surface area contributed by atoms with Crippen LogP contribution in [0, 0.1) is 0 Å². The van der Waals surface area contributed by atoms with Gasteiger partial charge in [-0.05, 0) is 33.6 Å². The van der Waals surface area contributed by atoms with Gasteiger partial charge >= 0.3 is 0 Å². The zero-order valence-electron chi connectivity index (χ0n) is 11.1. The van der Waals surface area contributed by atoms with Crippen LogP contribution in [0.3, 0.4) is 0 Å². The topological polar surface area (TPSA) is 86.5 Å². The van der Waals surface area contributed by atoms with Crippen molar-refractivity contribution in [2.24, 2.45) is 0 Å². The Hall–Kier alpha value is -1.41. The van der Waals surface area contributed by atoms with Gasteiger partial charge in [-0.3, -0.25) is 9.89 Å². The van der Waals surface area contributed by atoms with Crippen molar-refractivity contribution >= 4 is 50.2 Å². The zero-order valence-corrected chi connectivity index (χ0v) is 14.2. The smallest absolute Gasteiger partial charge is 0.279 e. The fourth-order valence-electron chi connectivity index (χ4n) is 1.99. The van der Waals surface area contributed by atoms with Gasteiger partial charge in [0.15, 0.2) is 5.52 Å². The number of aromatic nitrogens is 4. The van der Waals surface area contributed by atoms with Gasteiger partial charge in [0.25, 0.3) is 5.56 Å². The summed E-state index contributed by atoms with van der Waals surface area (Å²) < 4.78 is 0.583. The normalized spacial score (nSPS) is 11.2. The number of rotatable bonds is 4. The van der Waals surface area contributed by atoms with Gasteiger partial charge in [-0.2, -0.15) is 5.10 Å². The van der Waals surface area contributed by atoms with Crippen molar-refractivity contribution in [3.05, 3.63) is 54.6 Å². The summed E-state index contributed by atoms with van der Waals surface area (Å²) in [6.45, 7) is 0.980. The first-order valence-corrected chi connectivity index (χ1v) is 7.87. The minimum Gasteiger partial charge on any atom is -0.307 e. The number of nitrogens with one attached hydrogen (secondary N) is 3. The summed E-state index contributed by atoms with van der Waals surface area (Å²) in [5.41, 5.74) is 1.50. The average molecular weight is 403 g/mol. The molecule has 22 heavy (non-hydrogen) atoms. The minimum atomic E-state index is -0.279. The van der Waals surface area contributed by atoms with E-state index in [1.165, 1.54) is 0 Å². The molecule has 0 saturated carbocycles. The van der Waals surface area contributed by atoms with Crippen LogP contribution in [0.2, 0.25) is 10.0 Å². The maximum Gasteiger partial charge on any atom is 0.279 e. The van der Waals surface area contributed by atoms with E-state index in [0.29, 0.717) is 39.1 Å². The number of aromatic amines is 2. The Balaban J connectivity index is 1.72. The van der Waals surface area contributed by atoms with E-state index in [9.17, 15) is 4.79 Å². The molecule has 0 aliphatic carbocycles. The molecule has 0 atom stereocenters. The lowest BCUT2D eigenvalue weighted by Gasteiger charge is -2.06. The molecule has 2 aromatic heterocycles. The third-order valence-electron chi connectivity index (χ3n) is 3.02. The Morgan fingerprint density at radius 1 is 1.18 bits per heavy atom. The first-order chi connectivity index (χ1) is 10.5. The molecular weight excluding hydrogens is 393 g/mol. The van der Waals surface area contributed by atoms with Crippen molar-refractivity contribution in [3.8, 4) is 0 Å². The van der Waals surface area contributed by atoms with Crippen molar-refractivity contribution in [1.82, 2.24) is 25.5 Å². The lowest BCUT2D eigenvalue weighted by Crippen LogP contribution is -2.19. The van der Waals surface area contributed by atoms with Gasteiger partial charge < -0.3 is 10.3 Å². The summed E-state index contributed by atoms with van der Waals surface area (Å²) in [4.78, 5) is 18.9. The van der Waals surface area contributed by atoms with Gasteiger partial charge in [-0.1, -0.05) is 29.3 Å². The number of hydrogen-bond acceptors (Lipinski definition) is 4. The number of H-pyrrole nitrogens is 2. The van der Waals surface area contributed by atoms with Gasteiger partial charge in [-0.25, -0.2) is 4.98 Å². The number of fused-ring (bicyclic) bond motifs is 1. The first kappa shape index (κ1) is 15.5. The Morgan fingerprint density at radius 2 is 2.00 bits per heavy atom. The quantitative estimate of drug-likeness (QED) is 0.626. The fraction of sp³-hybridized carbons (Fsp3) is 0.154. The van der Waals surface area contributed by atoms with Crippen LogP contribution >= 0.6 is 39.1 Å². The maximum absolute atomic E-state index is 11.9. The molecule has 0 spiro atoms. The minimum absolute atomic E-state index is 0.278. The van der Waals surface area contributed by atoms with Gasteiger partial charge in [0.1, 0.15) is 15.9 Å². The van der Waals surface area contributed by atoms with Gasteiger partial charge in [0, 0.05) is 6.54 Å². The number of benzene rings is 1. The number of halogens is 3. The summed E-state index contributed by atoms with van der Waals surface area (Å²) in [6.07, 6.45) is 0. The van der Waals surface area contributed by atoms with Crippen LogP contribution in [-0.4, -0.2) is 20.2 Å². The molecule has 0 aliphatic rings. The predicted octanol–water partition coefficient (Wildman–Crippen LogP) is 3.01. The molecule has 0 radical (unpaired) electrons. The lowest BCUT2D eigenvalue weighted by atomic mass is 10.2. The second-order valence-electron chi connectivity index (χ2n) is 4.60. The SMILES string of the molecule is O=c1[nH]c(CNCc2ccc(Cl)c(Cl)c2)nc2c(Br)[nH]nc12. The van der Waals surface area contributed by atoms with E-state index in [0.717, 1.165) is 5.56 Å². The molecule has 0 aliphatic heterocycles. The molecule has 9 heteroatoms. The molecule has 0 unspecified atom stereocenters. The maximum atomic E-state index is 11.9. The molecule has 6 nitrogen and oxygen atoms in total. The molecule has 0 fully saturated rings. The third-order valence-corrected chi connectivity index (χ3v) is 4.32. The predicted molar refractivity (Wildman–Crippen MR) is 89.2 cm³/mol. The molecule has 3 N–H and O–H groups in total. The monoisotopic (exact) mass is 401 g/mol. The van der Waals surface area contributed by atoms with E-state index < -0.39 is 0 Å². The molecular formula is C13H10BrCl2N5O. The van der Waals surface area contributed by atoms with Crippen LogP contribution in [0.25, 0.3) is 11.0 Å². The third kappa shape index (κ3) is 3.17. The Labute approximate surface area is 143 Å². The van der Waals surface area contributed by atoms with Crippen molar-refractivity contribution in [3.63, 3.8) is 0 Å². The highest BCUT2D eigenvalue weighted by Crippen LogP contribution is 2.22. The molecule has 114 valence electrons. The summed E-state index contributed by atoms with van der Waals surface area (Å²) in [6, 6.07) is 5.42. The van der Waals surface area contributed by atoms with Crippen LogP contribution in [0.5, 0.6) is 0 Å². The molecule has 0 saturated heterocycles. The van der Waals surface area contributed by atoms with Gasteiger partial charge in [0.2, 0.25) is 0 Å². The second kappa shape index (κ2) is 6.37. The highest BCUT2D eigenvalue weighted by molar-refractivity contribution is 9.10. The van der Waals surface area contributed by atoms with E-state index >= 15 is 0 Å². The molecule has 1 aromatic carbocycles. The summed E-state index contributed by atoms with van der Waals surface area (Å²) in [7, 11) is 0. The largest absolute Gasteiger partial charge is 0.307 e. The van der Waals surface area contributed by atoms with E-state index in [1.54, 1.807) is 12.1 Å². The Morgan fingerprint density at radius 3 is 2.77 bits per heavy atom. The molecule has 0 bridgehead atoms. The summed E-state index contributed by atoms with van der Waals surface area (Å²) >= 11 is 15.1. The van der Waals surface area contributed by atoms with Crippen molar-refractivity contribution < 1.29 is 0 Å². The van der Waals surface area contributed by atoms with Crippen molar-refractivity contribution in [1.29, 1.82) is 0 Å². The summed E-state index contributed by atoms with van der Waals surface area (Å²) in [5.74, 6) is 0.527. The molecule has 0 amide bonds. The van der Waals surface area contributed by atoms with Crippen LogP contribution < -0.4 is 10.9 Å². The van der Waals surface area contributed by atoms with Crippen LogP contribution in [0.4, 0.5) is 0 Å². The van der Waals surface area contributed by atoms with E-state index in [2.05, 4.69) is 41.4 Å². The highest BCUT2D eigenvalue weighted by atomic mass is 79.9. The Bertz CT molecular complexity index is 892. The van der Waals surface area contributed by atoms with Crippen LogP contribution in [0.15, 0.2) is 27.6 Å². The van der Waals surface area contributed by atoms with E-state index in [-0.39, 0.29) is 11.1 Å². The molecule has 2 heterocycles. The van der Waals surface area contributed by atoms with E-state index in [4.69, 9.17) is 23.2 Å². The lowest BCUT2D eigenvalue weighted by molar-refractivity contribution is 0.663.